The highest BCUT2D eigenvalue weighted by Gasteiger charge is 2.28. The second-order valence-corrected chi connectivity index (χ2v) is 7.22. The number of aryl methyl sites for hydroxylation is 1. The molecule has 2 rings (SSSR count). The van der Waals surface area contributed by atoms with Crippen LogP contribution >= 0.6 is 0 Å². The number of nitrogens with one attached hydrogen (secondary N) is 1. The highest BCUT2D eigenvalue weighted by atomic mass is 32.2. The fraction of sp³-hybridized carbons (Fsp3) is 0.600. The summed E-state index contributed by atoms with van der Waals surface area (Å²) in [4.78, 5) is 0.344. The number of nitrogens with two attached hydrogens (primary N) is 1. The van der Waals surface area contributed by atoms with Gasteiger partial charge >= 0.3 is 0 Å². The molecule has 0 saturated heterocycles. The van der Waals surface area contributed by atoms with Gasteiger partial charge in [0.25, 0.3) is 0 Å². The molecule has 3 N–H and O–H groups in total. The second-order valence-electron chi connectivity index (χ2n) is 5.51. The van der Waals surface area contributed by atoms with E-state index in [2.05, 4.69) is 11.6 Å². The molecule has 0 radical (unpaired) electrons. The van der Waals surface area contributed by atoms with Crippen molar-refractivity contribution >= 4 is 10.0 Å². The van der Waals surface area contributed by atoms with Gasteiger partial charge in [-0.3, -0.25) is 0 Å². The van der Waals surface area contributed by atoms with Crippen LogP contribution < -0.4 is 10.5 Å². The van der Waals surface area contributed by atoms with Gasteiger partial charge in [0.15, 0.2) is 0 Å². The molecule has 4 nitrogen and oxygen atoms in total. The minimum Gasteiger partial charge on any atom is -0.330 e. The van der Waals surface area contributed by atoms with Crippen LogP contribution in [0, 0.1) is 5.92 Å². The van der Waals surface area contributed by atoms with E-state index < -0.39 is 10.0 Å². The lowest BCUT2D eigenvalue weighted by Crippen LogP contribution is -2.44. The van der Waals surface area contributed by atoms with Crippen LogP contribution in [0.1, 0.15) is 38.2 Å². The molecule has 1 aromatic rings. The van der Waals surface area contributed by atoms with Crippen LogP contribution in [0.3, 0.4) is 0 Å². The van der Waals surface area contributed by atoms with Gasteiger partial charge in [0.05, 0.1) is 4.90 Å². The van der Waals surface area contributed by atoms with Gasteiger partial charge in [0, 0.05) is 6.04 Å². The molecule has 1 aliphatic rings. The van der Waals surface area contributed by atoms with E-state index in [-0.39, 0.29) is 12.0 Å². The lowest BCUT2D eigenvalue weighted by atomic mass is 9.85. The molecule has 1 aliphatic carbocycles. The van der Waals surface area contributed by atoms with Gasteiger partial charge in [-0.2, -0.15) is 0 Å². The smallest absolute Gasteiger partial charge is 0.240 e. The van der Waals surface area contributed by atoms with Crippen LogP contribution in [-0.4, -0.2) is 21.0 Å². The van der Waals surface area contributed by atoms with Gasteiger partial charge in [0.1, 0.15) is 0 Å². The van der Waals surface area contributed by atoms with Crippen molar-refractivity contribution in [2.75, 3.05) is 6.54 Å². The third-order valence-electron chi connectivity index (χ3n) is 4.16. The molecule has 2 unspecified atom stereocenters. The molecule has 1 fully saturated rings. The van der Waals surface area contributed by atoms with Crippen LogP contribution in [0.4, 0.5) is 0 Å². The van der Waals surface area contributed by atoms with Crippen molar-refractivity contribution in [1.29, 1.82) is 0 Å². The summed E-state index contributed by atoms with van der Waals surface area (Å²) < 4.78 is 27.7. The lowest BCUT2D eigenvalue weighted by Gasteiger charge is -2.31. The van der Waals surface area contributed by atoms with Gasteiger partial charge in [-0.05, 0) is 49.4 Å². The van der Waals surface area contributed by atoms with Gasteiger partial charge in [0.2, 0.25) is 10.0 Å². The highest BCUT2D eigenvalue weighted by molar-refractivity contribution is 7.89. The summed E-state index contributed by atoms with van der Waals surface area (Å²) in [6, 6.07) is 7.08. The quantitative estimate of drug-likeness (QED) is 0.873. The zero-order valence-electron chi connectivity index (χ0n) is 12.0. The SMILES string of the molecule is CCc1ccc(S(=O)(=O)NC2CCCCC2CN)cc1. The first-order valence-electron chi connectivity index (χ1n) is 7.38. The molecule has 0 heterocycles. The molecule has 1 saturated carbocycles. The van der Waals surface area contributed by atoms with Gasteiger partial charge in [-0.1, -0.05) is 31.9 Å². The van der Waals surface area contributed by atoms with E-state index in [0.29, 0.717) is 11.4 Å². The molecule has 0 aromatic heterocycles. The second kappa shape index (κ2) is 6.70. The number of benzene rings is 1. The largest absolute Gasteiger partial charge is 0.330 e. The molecule has 1 aromatic carbocycles. The summed E-state index contributed by atoms with van der Waals surface area (Å²) in [7, 11) is -3.43. The Hall–Kier alpha value is -0.910. The minimum atomic E-state index is -3.43. The Kier molecular flexibility index (Phi) is 5.18. The van der Waals surface area contributed by atoms with E-state index in [1.165, 1.54) is 0 Å². The Bertz CT molecular complexity index is 525. The van der Waals surface area contributed by atoms with Crippen LogP contribution in [0.25, 0.3) is 0 Å². The van der Waals surface area contributed by atoms with E-state index in [0.717, 1.165) is 37.7 Å². The van der Waals surface area contributed by atoms with Crippen molar-refractivity contribution in [3.05, 3.63) is 29.8 Å². The van der Waals surface area contributed by atoms with Gasteiger partial charge in [-0.25, -0.2) is 13.1 Å². The fourth-order valence-electron chi connectivity index (χ4n) is 2.82. The summed E-state index contributed by atoms with van der Waals surface area (Å²) >= 11 is 0. The molecule has 0 aliphatic heterocycles. The van der Waals surface area contributed by atoms with E-state index >= 15 is 0 Å². The predicted molar refractivity (Wildman–Crippen MR) is 80.9 cm³/mol. The lowest BCUT2D eigenvalue weighted by molar-refractivity contribution is 0.296. The van der Waals surface area contributed by atoms with Crippen molar-refractivity contribution in [1.82, 2.24) is 4.72 Å². The topological polar surface area (TPSA) is 72.2 Å². The average Bonchev–Trinajstić information content (AvgIpc) is 2.47. The van der Waals surface area contributed by atoms with Gasteiger partial charge in [-0.15, -0.1) is 0 Å². The molecule has 0 amide bonds. The predicted octanol–water partition coefficient (Wildman–Crippen LogP) is 2.04. The number of sulfonamides is 1. The maximum Gasteiger partial charge on any atom is 0.240 e. The van der Waals surface area contributed by atoms with E-state index in [4.69, 9.17) is 5.73 Å². The Labute approximate surface area is 121 Å². The molecule has 0 bridgehead atoms. The molecular formula is C15H24N2O2S. The van der Waals surface area contributed by atoms with E-state index in [9.17, 15) is 8.42 Å². The van der Waals surface area contributed by atoms with Crippen molar-refractivity contribution < 1.29 is 8.42 Å². The Morgan fingerprint density at radius 1 is 1.20 bits per heavy atom. The standard InChI is InChI=1S/C15H24N2O2S/c1-2-12-7-9-14(10-8-12)20(18,19)17-15-6-4-3-5-13(15)11-16/h7-10,13,15,17H,2-6,11,16H2,1H3. The molecule has 2 atom stereocenters. The number of hydrogen-bond acceptors (Lipinski definition) is 3. The first-order valence-corrected chi connectivity index (χ1v) is 8.86. The minimum absolute atomic E-state index is 0.0235. The Balaban J connectivity index is 2.12. The molecule has 0 spiro atoms. The van der Waals surface area contributed by atoms with Crippen molar-refractivity contribution in [2.24, 2.45) is 11.7 Å². The normalized spacial score (nSPS) is 23.7. The third kappa shape index (κ3) is 3.59. The molecule has 5 heteroatoms. The number of rotatable bonds is 5. The van der Waals surface area contributed by atoms with Crippen molar-refractivity contribution in [3.8, 4) is 0 Å². The molecule has 112 valence electrons. The summed E-state index contributed by atoms with van der Waals surface area (Å²) in [5, 5.41) is 0. The van der Waals surface area contributed by atoms with E-state index in [1.807, 2.05) is 12.1 Å². The maximum absolute atomic E-state index is 12.4. The van der Waals surface area contributed by atoms with Crippen LogP contribution in [-0.2, 0) is 16.4 Å². The Morgan fingerprint density at radius 3 is 2.45 bits per heavy atom. The maximum atomic E-state index is 12.4. The van der Waals surface area contributed by atoms with Crippen LogP contribution in [0.2, 0.25) is 0 Å². The van der Waals surface area contributed by atoms with E-state index in [1.54, 1.807) is 12.1 Å². The summed E-state index contributed by atoms with van der Waals surface area (Å²) in [6.45, 7) is 2.59. The monoisotopic (exact) mass is 296 g/mol. The average molecular weight is 296 g/mol. The van der Waals surface area contributed by atoms with Crippen LogP contribution in [0.5, 0.6) is 0 Å². The van der Waals surface area contributed by atoms with Gasteiger partial charge < -0.3 is 5.73 Å². The first-order chi connectivity index (χ1) is 9.56. The van der Waals surface area contributed by atoms with Crippen molar-refractivity contribution in [3.63, 3.8) is 0 Å². The first kappa shape index (κ1) is 15.5. The summed E-state index contributed by atoms with van der Waals surface area (Å²) in [5.41, 5.74) is 6.89. The molecular weight excluding hydrogens is 272 g/mol. The number of hydrogen-bond donors (Lipinski definition) is 2. The zero-order valence-corrected chi connectivity index (χ0v) is 12.8. The zero-order chi connectivity index (χ0) is 14.6. The highest BCUT2D eigenvalue weighted by Crippen LogP contribution is 2.25. The third-order valence-corrected chi connectivity index (χ3v) is 5.67. The summed E-state index contributed by atoms with van der Waals surface area (Å²) in [5.74, 6) is 0.258. The summed E-state index contributed by atoms with van der Waals surface area (Å²) in [6.07, 6.45) is 5.02. The Morgan fingerprint density at radius 2 is 1.85 bits per heavy atom. The van der Waals surface area contributed by atoms with Crippen molar-refractivity contribution in [2.45, 2.75) is 50.0 Å². The van der Waals surface area contributed by atoms with Crippen LogP contribution in [0.15, 0.2) is 29.2 Å². The fourth-order valence-corrected chi connectivity index (χ4v) is 4.16. The molecule has 20 heavy (non-hydrogen) atoms.